The van der Waals surface area contributed by atoms with Crippen molar-refractivity contribution in [2.45, 2.75) is 0 Å². The largest absolute Gasteiger partial charge is 0.497 e. The van der Waals surface area contributed by atoms with Gasteiger partial charge in [-0.25, -0.2) is 9.07 Å². The maximum atomic E-state index is 13.6. The standard InChI is InChI=1S/C24H20FN3O3/c1-30-19-11-12-22(31-2)20(14-19)23-21(15-28(27-23)18-9-4-3-5-10-18)24(29)26-17-8-6-7-16(25)13-17/h3-15H,1-2H3,(H,26,29). The van der Waals surface area contributed by atoms with Crippen LogP contribution in [0.5, 0.6) is 11.5 Å². The first-order valence-corrected chi connectivity index (χ1v) is 9.53. The molecule has 1 aromatic heterocycles. The first-order chi connectivity index (χ1) is 15.1. The van der Waals surface area contributed by atoms with Gasteiger partial charge in [-0.3, -0.25) is 4.79 Å². The molecule has 6 nitrogen and oxygen atoms in total. The summed E-state index contributed by atoms with van der Waals surface area (Å²) >= 11 is 0. The maximum Gasteiger partial charge on any atom is 0.259 e. The van der Waals surface area contributed by atoms with Gasteiger partial charge in [0.2, 0.25) is 0 Å². The van der Waals surface area contributed by atoms with Gasteiger partial charge in [0.05, 0.1) is 25.5 Å². The second-order valence-electron chi connectivity index (χ2n) is 6.70. The number of amides is 1. The predicted octanol–water partition coefficient (Wildman–Crippen LogP) is 4.95. The van der Waals surface area contributed by atoms with Crippen LogP contribution in [0.15, 0.2) is 79.0 Å². The third-order valence-corrected chi connectivity index (χ3v) is 4.72. The van der Waals surface area contributed by atoms with Gasteiger partial charge >= 0.3 is 0 Å². The lowest BCUT2D eigenvalue weighted by atomic mass is 10.1. The van der Waals surface area contributed by atoms with E-state index in [0.29, 0.717) is 34.0 Å². The number of methoxy groups -OCH3 is 2. The molecule has 0 aliphatic rings. The van der Waals surface area contributed by atoms with Gasteiger partial charge in [-0.15, -0.1) is 0 Å². The molecule has 0 fully saturated rings. The molecule has 1 heterocycles. The van der Waals surface area contributed by atoms with Crippen molar-refractivity contribution in [3.8, 4) is 28.4 Å². The minimum atomic E-state index is -0.438. The fourth-order valence-electron chi connectivity index (χ4n) is 3.22. The fourth-order valence-corrected chi connectivity index (χ4v) is 3.22. The molecule has 0 aliphatic heterocycles. The zero-order chi connectivity index (χ0) is 21.8. The number of aromatic nitrogens is 2. The topological polar surface area (TPSA) is 65.4 Å². The lowest BCUT2D eigenvalue weighted by molar-refractivity contribution is 0.102. The lowest BCUT2D eigenvalue weighted by Gasteiger charge is -2.10. The minimum Gasteiger partial charge on any atom is -0.497 e. The van der Waals surface area contributed by atoms with Crippen LogP contribution in [0.1, 0.15) is 10.4 Å². The Hall–Kier alpha value is -4.13. The number of anilines is 1. The van der Waals surface area contributed by atoms with E-state index in [9.17, 15) is 9.18 Å². The number of rotatable bonds is 6. The van der Waals surface area contributed by atoms with E-state index in [1.54, 1.807) is 49.4 Å². The normalized spacial score (nSPS) is 10.5. The molecular weight excluding hydrogens is 397 g/mol. The first kappa shape index (κ1) is 20.2. The molecule has 0 saturated heterocycles. The second kappa shape index (κ2) is 8.71. The number of hydrogen-bond acceptors (Lipinski definition) is 4. The molecule has 3 aromatic carbocycles. The van der Waals surface area contributed by atoms with Gasteiger partial charge in [-0.2, -0.15) is 5.10 Å². The highest BCUT2D eigenvalue weighted by molar-refractivity contribution is 6.08. The second-order valence-corrected chi connectivity index (χ2v) is 6.70. The van der Waals surface area contributed by atoms with Crippen molar-refractivity contribution < 1.29 is 18.7 Å². The van der Waals surface area contributed by atoms with Crippen LogP contribution in [-0.2, 0) is 0 Å². The molecule has 7 heteroatoms. The van der Waals surface area contributed by atoms with Gasteiger partial charge in [0.25, 0.3) is 5.91 Å². The number of carbonyl (C=O) groups excluding carboxylic acids is 1. The van der Waals surface area contributed by atoms with E-state index < -0.39 is 11.7 Å². The van der Waals surface area contributed by atoms with E-state index in [0.717, 1.165) is 5.69 Å². The summed E-state index contributed by atoms with van der Waals surface area (Å²) in [5, 5.41) is 7.40. The van der Waals surface area contributed by atoms with Gasteiger partial charge in [0, 0.05) is 17.4 Å². The smallest absolute Gasteiger partial charge is 0.259 e. The molecule has 0 unspecified atom stereocenters. The molecule has 156 valence electrons. The van der Waals surface area contributed by atoms with Crippen LogP contribution >= 0.6 is 0 Å². The van der Waals surface area contributed by atoms with Crippen LogP contribution in [0, 0.1) is 5.82 Å². The van der Waals surface area contributed by atoms with Crippen LogP contribution in [0.4, 0.5) is 10.1 Å². The van der Waals surface area contributed by atoms with Crippen molar-refractivity contribution in [1.29, 1.82) is 0 Å². The summed E-state index contributed by atoms with van der Waals surface area (Å²) in [6, 6.07) is 20.4. The average molecular weight is 417 g/mol. The lowest BCUT2D eigenvalue weighted by Crippen LogP contribution is -2.12. The summed E-state index contributed by atoms with van der Waals surface area (Å²) in [4.78, 5) is 13.2. The molecule has 0 bridgehead atoms. The molecular formula is C24H20FN3O3. The van der Waals surface area contributed by atoms with Crippen LogP contribution in [0.25, 0.3) is 16.9 Å². The molecule has 0 saturated carbocycles. The van der Waals surface area contributed by atoms with E-state index in [1.165, 1.54) is 18.2 Å². The minimum absolute atomic E-state index is 0.305. The SMILES string of the molecule is COc1ccc(OC)c(-c2nn(-c3ccccc3)cc2C(=O)Nc2cccc(F)c2)c1. The van der Waals surface area contributed by atoms with Crippen molar-refractivity contribution in [1.82, 2.24) is 9.78 Å². The third-order valence-electron chi connectivity index (χ3n) is 4.72. The Morgan fingerprint density at radius 3 is 2.48 bits per heavy atom. The number of benzene rings is 3. The van der Waals surface area contributed by atoms with Gasteiger partial charge in [-0.1, -0.05) is 24.3 Å². The zero-order valence-corrected chi connectivity index (χ0v) is 17.0. The Morgan fingerprint density at radius 1 is 0.968 bits per heavy atom. The Bertz CT molecular complexity index is 1220. The monoisotopic (exact) mass is 417 g/mol. The number of nitrogens with zero attached hydrogens (tertiary/aromatic N) is 2. The molecule has 4 rings (SSSR count). The Labute approximate surface area is 178 Å². The summed E-state index contributed by atoms with van der Waals surface area (Å²) in [5.74, 6) is 0.278. The highest BCUT2D eigenvalue weighted by Gasteiger charge is 2.22. The van der Waals surface area contributed by atoms with Crippen molar-refractivity contribution in [2.24, 2.45) is 0 Å². The zero-order valence-electron chi connectivity index (χ0n) is 17.0. The number of para-hydroxylation sites is 1. The number of hydrogen-bond donors (Lipinski definition) is 1. The number of nitrogens with one attached hydrogen (secondary N) is 1. The van der Waals surface area contributed by atoms with E-state index in [4.69, 9.17) is 9.47 Å². The molecule has 4 aromatic rings. The number of ether oxygens (including phenoxy) is 2. The van der Waals surface area contributed by atoms with Gasteiger partial charge < -0.3 is 14.8 Å². The van der Waals surface area contributed by atoms with E-state index in [1.807, 2.05) is 30.3 Å². The fraction of sp³-hybridized carbons (Fsp3) is 0.0833. The van der Waals surface area contributed by atoms with Crippen molar-refractivity contribution >= 4 is 11.6 Å². The van der Waals surface area contributed by atoms with Gasteiger partial charge in [0.1, 0.15) is 23.0 Å². The van der Waals surface area contributed by atoms with Crippen LogP contribution < -0.4 is 14.8 Å². The highest BCUT2D eigenvalue weighted by Crippen LogP contribution is 2.35. The van der Waals surface area contributed by atoms with E-state index in [2.05, 4.69) is 10.4 Å². The van der Waals surface area contributed by atoms with Crippen molar-refractivity contribution in [2.75, 3.05) is 19.5 Å². The van der Waals surface area contributed by atoms with Crippen molar-refractivity contribution in [3.05, 3.63) is 90.4 Å². The van der Waals surface area contributed by atoms with Crippen LogP contribution in [-0.4, -0.2) is 29.9 Å². The Kier molecular flexibility index (Phi) is 5.66. The Balaban J connectivity index is 1.84. The molecule has 1 N–H and O–H groups in total. The highest BCUT2D eigenvalue weighted by atomic mass is 19.1. The molecule has 0 radical (unpaired) electrons. The number of halogens is 1. The van der Waals surface area contributed by atoms with Crippen molar-refractivity contribution in [3.63, 3.8) is 0 Å². The molecule has 0 atom stereocenters. The van der Waals surface area contributed by atoms with Crippen LogP contribution in [0.3, 0.4) is 0 Å². The van der Waals surface area contributed by atoms with E-state index in [-0.39, 0.29) is 0 Å². The Morgan fingerprint density at radius 2 is 1.77 bits per heavy atom. The third kappa shape index (κ3) is 4.25. The average Bonchev–Trinajstić information content (AvgIpc) is 3.25. The first-order valence-electron chi connectivity index (χ1n) is 9.53. The maximum absolute atomic E-state index is 13.6. The summed E-state index contributed by atoms with van der Waals surface area (Å²) in [5.41, 5.74) is 2.45. The predicted molar refractivity (Wildman–Crippen MR) is 116 cm³/mol. The summed E-state index contributed by atoms with van der Waals surface area (Å²) in [6.45, 7) is 0. The summed E-state index contributed by atoms with van der Waals surface area (Å²) < 4.78 is 26.0. The van der Waals surface area contributed by atoms with Gasteiger partial charge in [-0.05, 0) is 48.5 Å². The van der Waals surface area contributed by atoms with Crippen LogP contribution in [0.2, 0.25) is 0 Å². The molecule has 0 aliphatic carbocycles. The number of carbonyl (C=O) groups is 1. The molecule has 1 amide bonds. The molecule has 0 spiro atoms. The summed E-state index contributed by atoms with van der Waals surface area (Å²) in [7, 11) is 3.11. The van der Waals surface area contributed by atoms with Gasteiger partial charge in [0.15, 0.2) is 0 Å². The quantitative estimate of drug-likeness (QED) is 0.482. The van der Waals surface area contributed by atoms with E-state index >= 15 is 0 Å². The molecule has 31 heavy (non-hydrogen) atoms. The summed E-state index contributed by atoms with van der Waals surface area (Å²) in [6.07, 6.45) is 1.64.